The fourth-order valence-electron chi connectivity index (χ4n) is 2.16. The van der Waals surface area contributed by atoms with Crippen molar-refractivity contribution >= 4 is 15.9 Å². The molecule has 0 amide bonds. The molecule has 3 rings (SSSR count). The number of aromatic nitrogens is 4. The Morgan fingerprint density at radius 3 is 2.58 bits per heavy atom. The van der Waals surface area contributed by atoms with Gasteiger partial charge < -0.3 is 14.2 Å². The number of halogens is 1. The van der Waals surface area contributed by atoms with Gasteiger partial charge in [0.25, 0.3) is 0 Å². The predicted octanol–water partition coefficient (Wildman–Crippen LogP) is 3.02. The van der Waals surface area contributed by atoms with Crippen LogP contribution in [0.4, 0.5) is 0 Å². The number of rotatable bonds is 6. The van der Waals surface area contributed by atoms with E-state index in [1.54, 1.807) is 18.9 Å². The highest BCUT2D eigenvalue weighted by Gasteiger charge is 2.10. The Morgan fingerprint density at radius 2 is 1.88 bits per heavy atom. The van der Waals surface area contributed by atoms with E-state index < -0.39 is 0 Å². The van der Waals surface area contributed by atoms with Gasteiger partial charge in [0.2, 0.25) is 0 Å². The summed E-state index contributed by atoms with van der Waals surface area (Å²) in [5, 5.41) is 11.1. The molecule has 0 aliphatic carbocycles. The summed E-state index contributed by atoms with van der Waals surface area (Å²) in [6.07, 6.45) is 1.53. The second kappa shape index (κ2) is 7.31. The van der Waals surface area contributed by atoms with Gasteiger partial charge in [0, 0.05) is 16.1 Å². The van der Waals surface area contributed by atoms with Crippen molar-refractivity contribution in [3.05, 3.63) is 52.8 Å². The smallest absolute Gasteiger partial charge is 0.161 e. The minimum Gasteiger partial charge on any atom is -0.493 e. The standard InChI is InChI=1S/C16H15BrN4O3/c1-22-15-6-11(14(17)8-16(15)23-2)9-24-13-5-3-4-12(7-13)21-10-18-19-20-21/h3-8,10H,9H2,1-2H3. The van der Waals surface area contributed by atoms with Gasteiger partial charge in [-0.2, -0.15) is 0 Å². The van der Waals surface area contributed by atoms with Crippen molar-refractivity contribution in [2.45, 2.75) is 6.61 Å². The van der Waals surface area contributed by atoms with Crippen LogP contribution >= 0.6 is 15.9 Å². The zero-order valence-corrected chi connectivity index (χ0v) is 14.7. The molecule has 1 aromatic heterocycles. The molecule has 0 saturated heterocycles. The summed E-state index contributed by atoms with van der Waals surface area (Å²) in [7, 11) is 3.21. The highest BCUT2D eigenvalue weighted by atomic mass is 79.9. The predicted molar refractivity (Wildman–Crippen MR) is 90.7 cm³/mol. The van der Waals surface area contributed by atoms with Crippen LogP contribution in [0.25, 0.3) is 5.69 Å². The lowest BCUT2D eigenvalue weighted by Crippen LogP contribution is -2.00. The average molecular weight is 391 g/mol. The first-order valence-electron chi connectivity index (χ1n) is 7.08. The van der Waals surface area contributed by atoms with Gasteiger partial charge >= 0.3 is 0 Å². The largest absolute Gasteiger partial charge is 0.493 e. The van der Waals surface area contributed by atoms with Crippen LogP contribution in [0.5, 0.6) is 17.2 Å². The lowest BCUT2D eigenvalue weighted by atomic mass is 10.2. The Balaban J connectivity index is 1.78. The molecule has 3 aromatic rings. The van der Waals surface area contributed by atoms with Crippen LogP contribution in [0.2, 0.25) is 0 Å². The zero-order valence-electron chi connectivity index (χ0n) is 13.1. The number of nitrogens with zero attached hydrogens (tertiary/aromatic N) is 4. The molecule has 0 N–H and O–H groups in total. The highest BCUT2D eigenvalue weighted by molar-refractivity contribution is 9.10. The third-order valence-electron chi connectivity index (χ3n) is 3.38. The van der Waals surface area contributed by atoms with Gasteiger partial charge in [-0.05, 0) is 34.7 Å². The van der Waals surface area contributed by atoms with E-state index in [1.165, 1.54) is 6.33 Å². The van der Waals surface area contributed by atoms with E-state index in [4.69, 9.17) is 14.2 Å². The molecule has 0 spiro atoms. The topological polar surface area (TPSA) is 71.3 Å². The third-order valence-corrected chi connectivity index (χ3v) is 4.12. The third kappa shape index (κ3) is 3.48. The molecule has 2 aromatic carbocycles. The summed E-state index contributed by atoms with van der Waals surface area (Å²) >= 11 is 3.52. The Morgan fingerprint density at radius 1 is 1.08 bits per heavy atom. The van der Waals surface area contributed by atoms with Gasteiger partial charge in [-0.25, -0.2) is 4.68 Å². The van der Waals surface area contributed by atoms with Crippen LogP contribution in [-0.2, 0) is 6.61 Å². The lowest BCUT2D eigenvalue weighted by molar-refractivity contribution is 0.303. The first-order valence-corrected chi connectivity index (χ1v) is 7.87. The van der Waals surface area contributed by atoms with Crippen molar-refractivity contribution in [1.29, 1.82) is 0 Å². The van der Waals surface area contributed by atoms with E-state index in [9.17, 15) is 0 Å². The molecule has 7 nitrogen and oxygen atoms in total. The molecule has 1 heterocycles. The summed E-state index contributed by atoms with van der Waals surface area (Å²) in [6, 6.07) is 11.3. The van der Waals surface area contributed by atoms with Crippen molar-refractivity contribution in [1.82, 2.24) is 20.2 Å². The Kier molecular flexibility index (Phi) is 4.95. The van der Waals surface area contributed by atoms with Crippen LogP contribution in [0.3, 0.4) is 0 Å². The molecule has 0 aliphatic heterocycles. The molecular weight excluding hydrogens is 376 g/mol. The molecule has 0 atom stereocenters. The van der Waals surface area contributed by atoms with Crippen LogP contribution < -0.4 is 14.2 Å². The number of tetrazole rings is 1. The van der Waals surface area contributed by atoms with Gasteiger partial charge in [-0.1, -0.05) is 22.0 Å². The Hall–Kier alpha value is -2.61. The molecular formula is C16H15BrN4O3. The van der Waals surface area contributed by atoms with Crippen LogP contribution in [0.15, 0.2) is 47.2 Å². The summed E-state index contributed by atoms with van der Waals surface area (Å²) in [6.45, 7) is 0.375. The molecule has 0 fully saturated rings. The van der Waals surface area contributed by atoms with Gasteiger partial charge in [0.05, 0.1) is 19.9 Å². The number of hydrogen-bond donors (Lipinski definition) is 0. The maximum absolute atomic E-state index is 5.88. The molecule has 8 heteroatoms. The van der Waals surface area contributed by atoms with Crippen LogP contribution in [0, 0.1) is 0 Å². The maximum Gasteiger partial charge on any atom is 0.161 e. The molecule has 0 radical (unpaired) electrons. The van der Waals surface area contributed by atoms with Gasteiger partial charge in [-0.3, -0.25) is 0 Å². The highest BCUT2D eigenvalue weighted by Crippen LogP contribution is 2.33. The normalized spacial score (nSPS) is 10.5. The van der Waals surface area contributed by atoms with E-state index in [2.05, 4.69) is 31.5 Å². The van der Waals surface area contributed by atoms with Crippen molar-refractivity contribution in [3.8, 4) is 22.9 Å². The Bertz CT molecular complexity index is 824. The molecule has 0 bridgehead atoms. The summed E-state index contributed by atoms with van der Waals surface area (Å²) in [4.78, 5) is 0. The molecule has 0 saturated carbocycles. The van der Waals surface area contributed by atoms with E-state index >= 15 is 0 Å². The van der Waals surface area contributed by atoms with Crippen molar-refractivity contribution < 1.29 is 14.2 Å². The van der Waals surface area contributed by atoms with Crippen LogP contribution in [-0.4, -0.2) is 34.4 Å². The average Bonchev–Trinajstić information content (AvgIpc) is 3.15. The minimum atomic E-state index is 0.375. The number of ether oxygens (including phenoxy) is 3. The van der Waals surface area contributed by atoms with Crippen molar-refractivity contribution in [3.63, 3.8) is 0 Å². The van der Waals surface area contributed by atoms with E-state index in [1.807, 2.05) is 36.4 Å². The summed E-state index contributed by atoms with van der Waals surface area (Å²) < 4.78 is 18.9. The fourth-order valence-corrected chi connectivity index (χ4v) is 2.60. The molecule has 0 unspecified atom stereocenters. The van der Waals surface area contributed by atoms with Gasteiger partial charge in [-0.15, -0.1) is 5.10 Å². The lowest BCUT2D eigenvalue weighted by Gasteiger charge is -2.13. The molecule has 0 aliphatic rings. The minimum absolute atomic E-state index is 0.375. The summed E-state index contributed by atoms with van der Waals surface area (Å²) in [5.74, 6) is 2.03. The van der Waals surface area contributed by atoms with E-state index in [0.29, 0.717) is 23.9 Å². The number of hydrogen-bond acceptors (Lipinski definition) is 6. The second-order valence-electron chi connectivity index (χ2n) is 4.84. The fraction of sp³-hybridized carbons (Fsp3) is 0.188. The van der Waals surface area contributed by atoms with Crippen LogP contribution in [0.1, 0.15) is 5.56 Å². The number of methoxy groups -OCH3 is 2. The van der Waals surface area contributed by atoms with Gasteiger partial charge in [0.1, 0.15) is 18.7 Å². The first kappa shape index (κ1) is 16.3. The maximum atomic E-state index is 5.88. The van der Waals surface area contributed by atoms with E-state index in [0.717, 1.165) is 15.7 Å². The Labute approximate surface area is 147 Å². The number of benzene rings is 2. The van der Waals surface area contributed by atoms with Crippen molar-refractivity contribution in [2.24, 2.45) is 0 Å². The zero-order chi connectivity index (χ0) is 16.9. The monoisotopic (exact) mass is 390 g/mol. The quantitative estimate of drug-likeness (QED) is 0.644. The first-order chi connectivity index (χ1) is 11.7. The van der Waals surface area contributed by atoms with Crippen molar-refractivity contribution in [2.75, 3.05) is 14.2 Å². The SMILES string of the molecule is COc1cc(Br)c(COc2cccc(-n3cnnn3)c2)cc1OC. The summed E-state index contributed by atoms with van der Waals surface area (Å²) in [5.41, 5.74) is 1.77. The van der Waals surface area contributed by atoms with E-state index in [-0.39, 0.29) is 0 Å². The molecule has 124 valence electrons. The molecule has 24 heavy (non-hydrogen) atoms. The van der Waals surface area contributed by atoms with Gasteiger partial charge in [0.15, 0.2) is 11.5 Å². The second-order valence-corrected chi connectivity index (χ2v) is 5.69.